The SMILES string of the molecule is CC(C)n1cncc1C(CO)Nc1cccc(F)c1. The Balaban J connectivity index is 2.23. The van der Waals surface area contributed by atoms with Gasteiger partial charge in [0.05, 0.1) is 30.9 Å². The number of rotatable bonds is 5. The molecule has 0 amide bonds. The Bertz CT molecular complexity index is 539. The van der Waals surface area contributed by atoms with E-state index in [-0.39, 0.29) is 24.5 Å². The number of aliphatic hydroxyl groups is 1. The fourth-order valence-corrected chi connectivity index (χ4v) is 2.01. The van der Waals surface area contributed by atoms with Gasteiger partial charge in [0.2, 0.25) is 0 Å². The maximum Gasteiger partial charge on any atom is 0.125 e. The molecule has 1 atom stereocenters. The molecular formula is C14H18FN3O. The summed E-state index contributed by atoms with van der Waals surface area (Å²) in [5.74, 6) is -0.306. The zero-order valence-electron chi connectivity index (χ0n) is 11.0. The fourth-order valence-electron chi connectivity index (χ4n) is 2.01. The van der Waals surface area contributed by atoms with Crippen molar-refractivity contribution in [1.29, 1.82) is 0 Å². The molecule has 19 heavy (non-hydrogen) atoms. The van der Waals surface area contributed by atoms with Crippen LogP contribution < -0.4 is 5.32 Å². The van der Waals surface area contributed by atoms with E-state index in [1.807, 2.05) is 18.4 Å². The van der Waals surface area contributed by atoms with Crippen LogP contribution in [0.15, 0.2) is 36.8 Å². The van der Waals surface area contributed by atoms with Crippen LogP contribution in [0.4, 0.5) is 10.1 Å². The van der Waals surface area contributed by atoms with Crippen LogP contribution >= 0.6 is 0 Å². The van der Waals surface area contributed by atoms with Gasteiger partial charge in [0, 0.05) is 11.7 Å². The number of imidazole rings is 1. The number of hydrogen-bond acceptors (Lipinski definition) is 3. The van der Waals surface area contributed by atoms with Crippen molar-refractivity contribution in [2.45, 2.75) is 25.9 Å². The minimum Gasteiger partial charge on any atom is -0.394 e. The Morgan fingerprint density at radius 3 is 2.84 bits per heavy atom. The summed E-state index contributed by atoms with van der Waals surface area (Å²) in [4.78, 5) is 4.11. The van der Waals surface area contributed by atoms with Crippen molar-refractivity contribution >= 4 is 5.69 Å². The number of benzene rings is 1. The van der Waals surface area contributed by atoms with Gasteiger partial charge in [-0.2, -0.15) is 0 Å². The van der Waals surface area contributed by atoms with E-state index in [2.05, 4.69) is 10.3 Å². The number of nitrogens with zero attached hydrogens (tertiary/aromatic N) is 2. The molecule has 4 nitrogen and oxygen atoms in total. The van der Waals surface area contributed by atoms with Crippen molar-refractivity contribution in [1.82, 2.24) is 9.55 Å². The quantitative estimate of drug-likeness (QED) is 0.872. The summed E-state index contributed by atoms with van der Waals surface area (Å²) < 4.78 is 15.1. The first-order chi connectivity index (χ1) is 9.11. The normalized spacial score (nSPS) is 12.7. The van der Waals surface area contributed by atoms with Crippen molar-refractivity contribution in [3.8, 4) is 0 Å². The lowest BCUT2D eigenvalue weighted by Crippen LogP contribution is -2.19. The highest BCUT2D eigenvalue weighted by atomic mass is 19.1. The molecule has 1 aromatic heterocycles. The molecule has 0 saturated carbocycles. The molecule has 0 aliphatic heterocycles. The van der Waals surface area contributed by atoms with Crippen LogP contribution in [0.25, 0.3) is 0 Å². The summed E-state index contributed by atoms with van der Waals surface area (Å²) in [6.45, 7) is 4.00. The second-order valence-electron chi connectivity index (χ2n) is 4.71. The molecule has 1 unspecified atom stereocenters. The number of halogens is 1. The molecular weight excluding hydrogens is 245 g/mol. The Hall–Kier alpha value is -1.88. The van der Waals surface area contributed by atoms with E-state index in [1.165, 1.54) is 12.1 Å². The summed E-state index contributed by atoms with van der Waals surface area (Å²) in [7, 11) is 0. The lowest BCUT2D eigenvalue weighted by atomic mass is 10.2. The average Bonchev–Trinajstić information content (AvgIpc) is 2.85. The third kappa shape index (κ3) is 3.12. The standard InChI is InChI=1S/C14H18FN3O/c1-10(2)18-9-16-7-14(18)13(8-19)17-12-5-3-4-11(15)6-12/h3-7,9-10,13,17,19H,8H2,1-2H3. The van der Waals surface area contributed by atoms with Gasteiger partial charge in [0.15, 0.2) is 0 Å². The summed E-state index contributed by atoms with van der Waals surface area (Å²) in [6.07, 6.45) is 3.45. The van der Waals surface area contributed by atoms with Crippen LogP contribution in [0.3, 0.4) is 0 Å². The number of aromatic nitrogens is 2. The van der Waals surface area contributed by atoms with E-state index in [9.17, 15) is 9.50 Å². The second-order valence-corrected chi connectivity index (χ2v) is 4.71. The van der Waals surface area contributed by atoms with E-state index in [4.69, 9.17) is 0 Å². The Morgan fingerprint density at radius 2 is 2.21 bits per heavy atom. The largest absolute Gasteiger partial charge is 0.394 e. The van der Waals surface area contributed by atoms with E-state index in [0.29, 0.717) is 5.69 Å². The van der Waals surface area contributed by atoms with Crippen molar-refractivity contribution in [3.63, 3.8) is 0 Å². The van der Waals surface area contributed by atoms with Gasteiger partial charge in [-0.15, -0.1) is 0 Å². The highest BCUT2D eigenvalue weighted by molar-refractivity contribution is 5.45. The van der Waals surface area contributed by atoms with Gasteiger partial charge in [-0.3, -0.25) is 0 Å². The zero-order chi connectivity index (χ0) is 13.8. The summed E-state index contributed by atoms with van der Waals surface area (Å²) >= 11 is 0. The number of nitrogens with one attached hydrogen (secondary N) is 1. The monoisotopic (exact) mass is 263 g/mol. The molecule has 1 aromatic carbocycles. The van der Waals surface area contributed by atoms with E-state index < -0.39 is 0 Å². The van der Waals surface area contributed by atoms with Gasteiger partial charge in [0.1, 0.15) is 5.82 Å². The first-order valence-electron chi connectivity index (χ1n) is 6.26. The topological polar surface area (TPSA) is 50.1 Å². The van der Waals surface area contributed by atoms with Crippen LogP contribution in [0.5, 0.6) is 0 Å². The van der Waals surface area contributed by atoms with Crippen LogP contribution in [-0.4, -0.2) is 21.3 Å². The molecule has 0 radical (unpaired) electrons. The van der Waals surface area contributed by atoms with Crippen molar-refractivity contribution < 1.29 is 9.50 Å². The first kappa shape index (κ1) is 13.5. The molecule has 1 heterocycles. The lowest BCUT2D eigenvalue weighted by molar-refractivity contribution is 0.271. The number of hydrogen-bond donors (Lipinski definition) is 2. The average molecular weight is 263 g/mol. The fraction of sp³-hybridized carbons (Fsp3) is 0.357. The van der Waals surface area contributed by atoms with E-state index in [1.54, 1.807) is 24.7 Å². The maximum atomic E-state index is 13.2. The third-order valence-electron chi connectivity index (χ3n) is 2.96. The van der Waals surface area contributed by atoms with Crippen molar-refractivity contribution in [3.05, 3.63) is 48.3 Å². The molecule has 0 bridgehead atoms. The summed E-state index contributed by atoms with van der Waals surface area (Å²) in [6, 6.07) is 6.12. The number of anilines is 1. The predicted octanol–water partition coefficient (Wildman–Crippen LogP) is 2.75. The summed E-state index contributed by atoms with van der Waals surface area (Å²) in [5.41, 5.74) is 1.51. The first-order valence-corrected chi connectivity index (χ1v) is 6.26. The minimum atomic E-state index is -0.313. The van der Waals surface area contributed by atoms with Crippen LogP contribution in [0, 0.1) is 5.82 Å². The predicted molar refractivity (Wildman–Crippen MR) is 72.5 cm³/mol. The van der Waals surface area contributed by atoms with Gasteiger partial charge in [-0.1, -0.05) is 6.07 Å². The molecule has 102 valence electrons. The molecule has 0 saturated heterocycles. The highest BCUT2D eigenvalue weighted by Crippen LogP contribution is 2.22. The maximum absolute atomic E-state index is 13.2. The zero-order valence-corrected chi connectivity index (χ0v) is 11.0. The van der Waals surface area contributed by atoms with Gasteiger partial charge in [-0.25, -0.2) is 9.37 Å². The van der Waals surface area contributed by atoms with Crippen molar-refractivity contribution in [2.24, 2.45) is 0 Å². The van der Waals surface area contributed by atoms with Crippen LogP contribution in [0.1, 0.15) is 31.6 Å². The molecule has 0 aliphatic carbocycles. The third-order valence-corrected chi connectivity index (χ3v) is 2.96. The van der Waals surface area contributed by atoms with Crippen molar-refractivity contribution in [2.75, 3.05) is 11.9 Å². The Morgan fingerprint density at radius 1 is 1.42 bits per heavy atom. The smallest absolute Gasteiger partial charge is 0.125 e. The van der Waals surface area contributed by atoms with E-state index >= 15 is 0 Å². The Kier molecular flexibility index (Phi) is 4.16. The van der Waals surface area contributed by atoms with Crippen LogP contribution in [-0.2, 0) is 0 Å². The highest BCUT2D eigenvalue weighted by Gasteiger charge is 2.16. The number of aliphatic hydroxyl groups excluding tert-OH is 1. The molecule has 0 spiro atoms. The van der Waals surface area contributed by atoms with Gasteiger partial charge < -0.3 is 15.0 Å². The Labute approximate surface area is 111 Å². The molecule has 2 aromatic rings. The van der Waals surface area contributed by atoms with Gasteiger partial charge in [0.25, 0.3) is 0 Å². The molecule has 5 heteroatoms. The van der Waals surface area contributed by atoms with Crippen LogP contribution in [0.2, 0.25) is 0 Å². The molecule has 0 aliphatic rings. The summed E-state index contributed by atoms with van der Waals surface area (Å²) in [5, 5.41) is 12.7. The minimum absolute atomic E-state index is 0.0884. The lowest BCUT2D eigenvalue weighted by Gasteiger charge is -2.21. The second kappa shape index (κ2) is 5.84. The van der Waals surface area contributed by atoms with Gasteiger partial charge >= 0.3 is 0 Å². The molecule has 2 rings (SSSR count). The molecule has 2 N–H and O–H groups in total. The van der Waals surface area contributed by atoms with Gasteiger partial charge in [-0.05, 0) is 32.0 Å². The molecule has 0 fully saturated rings. The van der Waals surface area contributed by atoms with E-state index in [0.717, 1.165) is 5.69 Å².